The summed E-state index contributed by atoms with van der Waals surface area (Å²) in [6, 6.07) is 17.7. The largest absolute Gasteiger partial charge is 0.494 e. The fourth-order valence-electron chi connectivity index (χ4n) is 2.36. The number of nitrogens with zero attached hydrogens (tertiary/aromatic N) is 2. The molecular formula is C19H19N3O3S. The van der Waals surface area contributed by atoms with Crippen molar-refractivity contribution >= 4 is 17.2 Å². The summed E-state index contributed by atoms with van der Waals surface area (Å²) in [7, 11) is 0. The van der Waals surface area contributed by atoms with Crippen LogP contribution in [0.5, 0.6) is 5.75 Å². The van der Waals surface area contributed by atoms with Crippen molar-refractivity contribution in [3.63, 3.8) is 0 Å². The molecule has 134 valence electrons. The van der Waals surface area contributed by atoms with Gasteiger partial charge in [-0.05, 0) is 37.1 Å². The molecule has 0 aliphatic heterocycles. The van der Waals surface area contributed by atoms with Crippen LogP contribution in [0.3, 0.4) is 0 Å². The molecule has 2 N–H and O–H groups in total. The standard InChI is InChI=1S/C19H19N3O3S/c23-17(22-24)8-4-5-13-25-16-11-9-15(10-12-16)19-21-20-18(26-19)14-6-2-1-3-7-14/h1-3,6-7,9-12,24H,4-5,8,13H2,(H,22,23). The van der Waals surface area contributed by atoms with E-state index in [-0.39, 0.29) is 5.91 Å². The van der Waals surface area contributed by atoms with Gasteiger partial charge in [-0.3, -0.25) is 10.0 Å². The van der Waals surface area contributed by atoms with Gasteiger partial charge in [0.25, 0.3) is 0 Å². The van der Waals surface area contributed by atoms with Gasteiger partial charge in [0.1, 0.15) is 15.8 Å². The lowest BCUT2D eigenvalue weighted by molar-refractivity contribution is -0.129. The Hall–Kier alpha value is -2.77. The fraction of sp³-hybridized carbons (Fsp3) is 0.211. The van der Waals surface area contributed by atoms with E-state index < -0.39 is 0 Å². The van der Waals surface area contributed by atoms with Gasteiger partial charge < -0.3 is 4.74 Å². The van der Waals surface area contributed by atoms with Crippen LogP contribution in [0, 0.1) is 0 Å². The van der Waals surface area contributed by atoms with Crippen LogP contribution in [0.1, 0.15) is 19.3 Å². The summed E-state index contributed by atoms with van der Waals surface area (Å²) in [5.41, 5.74) is 3.68. The van der Waals surface area contributed by atoms with Gasteiger partial charge in [-0.1, -0.05) is 41.7 Å². The van der Waals surface area contributed by atoms with Crippen molar-refractivity contribution in [2.75, 3.05) is 6.61 Å². The van der Waals surface area contributed by atoms with Crippen LogP contribution in [-0.4, -0.2) is 27.9 Å². The van der Waals surface area contributed by atoms with Crippen molar-refractivity contribution in [3.8, 4) is 26.9 Å². The highest BCUT2D eigenvalue weighted by Crippen LogP contribution is 2.30. The average Bonchev–Trinajstić information content (AvgIpc) is 3.19. The van der Waals surface area contributed by atoms with Crippen LogP contribution in [0.15, 0.2) is 54.6 Å². The topological polar surface area (TPSA) is 84.3 Å². The number of ether oxygens (including phenoxy) is 1. The summed E-state index contributed by atoms with van der Waals surface area (Å²) < 4.78 is 5.66. The first kappa shape index (κ1) is 18.0. The van der Waals surface area contributed by atoms with Crippen LogP contribution in [-0.2, 0) is 4.79 Å². The molecule has 0 fully saturated rings. The molecule has 0 aliphatic carbocycles. The number of carbonyl (C=O) groups excluding carboxylic acids is 1. The second-order valence-corrected chi connectivity index (χ2v) is 6.62. The fourth-order valence-corrected chi connectivity index (χ4v) is 3.22. The molecule has 0 saturated heterocycles. The summed E-state index contributed by atoms with van der Waals surface area (Å²) in [6.45, 7) is 0.523. The molecule has 0 aliphatic rings. The molecule has 1 aromatic heterocycles. The monoisotopic (exact) mass is 369 g/mol. The van der Waals surface area contributed by atoms with Gasteiger partial charge in [0, 0.05) is 17.5 Å². The van der Waals surface area contributed by atoms with E-state index in [9.17, 15) is 4.79 Å². The maximum Gasteiger partial charge on any atom is 0.243 e. The van der Waals surface area contributed by atoms with Crippen LogP contribution in [0.4, 0.5) is 0 Å². The lowest BCUT2D eigenvalue weighted by atomic mass is 10.2. The minimum absolute atomic E-state index is 0.291. The third-order valence-electron chi connectivity index (χ3n) is 3.74. The van der Waals surface area contributed by atoms with E-state index in [1.54, 1.807) is 16.8 Å². The zero-order valence-electron chi connectivity index (χ0n) is 14.1. The van der Waals surface area contributed by atoms with Gasteiger partial charge >= 0.3 is 0 Å². The molecule has 0 saturated carbocycles. The highest BCUT2D eigenvalue weighted by atomic mass is 32.1. The number of hydrogen-bond donors (Lipinski definition) is 2. The van der Waals surface area contributed by atoms with Crippen LogP contribution < -0.4 is 10.2 Å². The number of nitrogens with one attached hydrogen (secondary N) is 1. The molecular weight excluding hydrogens is 350 g/mol. The third kappa shape index (κ3) is 4.87. The van der Waals surface area contributed by atoms with Crippen molar-refractivity contribution in [1.29, 1.82) is 0 Å². The van der Waals surface area contributed by atoms with Gasteiger partial charge in [-0.15, -0.1) is 10.2 Å². The summed E-state index contributed by atoms with van der Waals surface area (Å²) in [6.07, 6.45) is 1.70. The Bertz CT molecular complexity index is 835. The molecule has 0 radical (unpaired) electrons. The van der Waals surface area contributed by atoms with E-state index in [1.165, 1.54) is 0 Å². The van der Waals surface area contributed by atoms with Crippen molar-refractivity contribution in [1.82, 2.24) is 15.7 Å². The quantitative estimate of drug-likeness (QED) is 0.357. The molecule has 1 amide bonds. The van der Waals surface area contributed by atoms with Gasteiger partial charge in [0.05, 0.1) is 6.61 Å². The normalized spacial score (nSPS) is 10.5. The molecule has 26 heavy (non-hydrogen) atoms. The van der Waals surface area contributed by atoms with Crippen LogP contribution in [0.25, 0.3) is 21.1 Å². The van der Waals surface area contributed by atoms with Crippen molar-refractivity contribution in [2.45, 2.75) is 19.3 Å². The highest BCUT2D eigenvalue weighted by molar-refractivity contribution is 7.17. The number of rotatable bonds is 8. The summed E-state index contributed by atoms with van der Waals surface area (Å²) in [5.74, 6) is 0.398. The number of benzene rings is 2. The maximum absolute atomic E-state index is 10.9. The average molecular weight is 369 g/mol. The summed E-state index contributed by atoms with van der Waals surface area (Å²) in [4.78, 5) is 10.9. The van der Waals surface area contributed by atoms with Gasteiger partial charge in [-0.2, -0.15) is 0 Å². The SMILES string of the molecule is O=C(CCCCOc1ccc(-c2nnc(-c3ccccc3)s2)cc1)NO. The number of unbranched alkanes of at least 4 members (excludes halogenated alkanes) is 1. The van der Waals surface area contributed by atoms with Crippen molar-refractivity contribution in [3.05, 3.63) is 54.6 Å². The number of carbonyl (C=O) groups is 1. The summed E-state index contributed by atoms with van der Waals surface area (Å²) in [5, 5.41) is 18.7. The van der Waals surface area contributed by atoms with E-state index in [0.29, 0.717) is 19.4 Å². The second kappa shape index (κ2) is 9.07. The molecule has 0 atom stereocenters. The summed E-state index contributed by atoms with van der Waals surface area (Å²) >= 11 is 1.55. The number of aromatic nitrogens is 2. The lowest BCUT2D eigenvalue weighted by Crippen LogP contribution is -2.18. The first-order valence-corrected chi connectivity index (χ1v) is 9.13. The van der Waals surface area contributed by atoms with Crippen LogP contribution in [0.2, 0.25) is 0 Å². The van der Waals surface area contributed by atoms with E-state index in [0.717, 1.165) is 33.3 Å². The molecule has 6 nitrogen and oxygen atoms in total. The van der Waals surface area contributed by atoms with Crippen molar-refractivity contribution < 1.29 is 14.7 Å². The van der Waals surface area contributed by atoms with E-state index in [4.69, 9.17) is 9.94 Å². The van der Waals surface area contributed by atoms with Crippen molar-refractivity contribution in [2.24, 2.45) is 0 Å². The molecule has 3 aromatic rings. The molecule has 1 heterocycles. The Balaban J connectivity index is 1.53. The van der Waals surface area contributed by atoms with Gasteiger partial charge in [-0.25, -0.2) is 5.48 Å². The Morgan fingerprint density at radius 2 is 1.62 bits per heavy atom. The van der Waals surface area contributed by atoms with Gasteiger partial charge in [0.2, 0.25) is 5.91 Å². The zero-order valence-corrected chi connectivity index (χ0v) is 14.9. The predicted molar refractivity (Wildman–Crippen MR) is 100 cm³/mol. The zero-order chi connectivity index (χ0) is 18.2. The second-order valence-electron chi connectivity index (χ2n) is 5.64. The number of amides is 1. The Morgan fingerprint density at radius 1 is 0.962 bits per heavy atom. The third-order valence-corrected chi connectivity index (χ3v) is 4.76. The minimum atomic E-state index is -0.374. The molecule has 0 bridgehead atoms. The van der Waals surface area contributed by atoms with E-state index in [2.05, 4.69) is 10.2 Å². The minimum Gasteiger partial charge on any atom is -0.494 e. The Morgan fingerprint density at radius 3 is 2.27 bits per heavy atom. The Kier molecular flexibility index (Phi) is 6.29. The highest BCUT2D eigenvalue weighted by Gasteiger charge is 2.08. The van der Waals surface area contributed by atoms with E-state index >= 15 is 0 Å². The van der Waals surface area contributed by atoms with E-state index in [1.807, 2.05) is 54.6 Å². The lowest BCUT2D eigenvalue weighted by Gasteiger charge is -2.06. The molecule has 0 spiro atoms. The number of hydroxylamine groups is 1. The van der Waals surface area contributed by atoms with Gasteiger partial charge in [0.15, 0.2) is 0 Å². The first-order valence-electron chi connectivity index (χ1n) is 8.31. The Labute approximate surface area is 155 Å². The predicted octanol–water partition coefficient (Wildman–Crippen LogP) is 3.93. The maximum atomic E-state index is 10.9. The molecule has 0 unspecified atom stereocenters. The first-order chi connectivity index (χ1) is 12.8. The smallest absolute Gasteiger partial charge is 0.243 e. The number of hydrogen-bond acceptors (Lipinski definition) is 6. The molecule has 2 aromatic carbocycles. The van der Waals surface area contributed by atoms with Crippen LogP contribution >= 0.6 is 11.3 Å². The molecule has 7 heteroatoms. The molecule has 3 rings (SSSR count).